The van der Waals surface area contributed by atoms with Gasteiger partial charge < -0.3 is 29.8 Å². The van der Waals surface area contributed by atoms with Crippen LogP contribution in [0.3, 0.4) is 0 Å². The average Bonchev–Trinajstić information content (AvgIpc) is 3.64. The number of aliphatic hydroxyl groups is 1. The summed E-state index contributed by atoms with van der Waals surface area (Å²) in [6.07, 6.45) is -0.900. The number of ketones is 1. The number of imidazole rings is 1. The van der Waals surface area contributed by atoms with E-state index in [1.54, 1.807) is 14.2 Å². The Morgan fingerprint density at radius 2 is 1.60 bits per heavy atom. The summed E-state index contributed by atoms with van der Waals surface area (Å²) in [4.78, 5) is 36.5. The van der Waals surface area contributed by atoms with E-state index < -0.39 is 34.9 Å². The summed E-state index contributed by atoms with van der Waals surface area (Å²) in [6.45, 7) is 1.23. The van der Waals surface area contributed by atoms with E-state index in [1.807, 2.05) is 78.9 Å². The maximum Gasteiger partial charge on any atom is 0.280 e. The minimum Gasteiger partial charge on any atom is -0.497 e. The zero-order valence-corrected chi connectivity index (χ0v) is 25.0. The van der Waals surface area contributed by atoms with E-state index in [0.29, 0.717) is 11.5 Å². The molecule has 0 radical (unpaired) electrons. The van der Waals surface area contributed by atoms with E-state index in [4.69, 9.17) is 24.7 Å². The average molecular weight is 612 g/mol. The van der Waals surface area contributed by atoms with Crippen LogP contribution in [-0.4, -0.2) is 63.4 Å². The lowest BCUT2D eigenvalue weighted by Gasteiger charge is -2.37. The van der Waals surface area contributed by atoms with Gasteiger partial charge in [0.25, 0.3) is 5.56 Å². The summed E-state index contributed by atoms with van der Waals surface area (Å²) in [7, 11) is 3.20. The molecule has 6 rings (SSSR count). The molecule has 4 N–H and O–H groups in total. The van der Waals surface area contributed by atoms with Crippen LogP contribution in [0.4, 0.5) is 5.95 Å². The van der Waals surface area contributed by atoms with Crippen molar-refractivity contribution in [1.29, 1.82) is 0 Å². The fourth-order valence-corrected chi connectivity index (χ4v) is 5.96. The van der Waals surface area contributed by atoms with E-state index in [0.717, 1.165) is 16.7 Å². The summed E-state index contributed by atoms with van der Waals surface area (Å²) < 4.78 is 25.5. The first-order valence-electron chi connectivity index (χ1n) is 14.3. The lowest BCUT2D eigenvalue weighted by atomic mass is 9.80. The first kappa shape index (κ1) is 30.0. The van der Waals surface area contributed by atoms with Crippen molar-refractivity contribution in [2.75, 3.05) is 26.6 Å². The van der Waals surface area contributed by atoms with Gasteiger partial charge in [-0.3, -0.25) is 19.1 Å². The molecule has 232 valence electrons. The van der Waals surface area contributed by atoms with Gasteiger partial charge in [0.1, 0.15) is 29.5 Å². The van der Waals surface area contributed by atoms with Crippen LogP contribution < -0.4 is 20.8 Å². The third-order valence-electron chi connectivity index (χ3n) is 8.26. The highest BCUT2D eigenvalue weighted by Gasteiger charge is 2.53. The number of aromatic amines is 1. The number of ether oxygens (including phenoxy) is 4. The van der Waals surface area contributed by atoms with Crippen molar-refractivity contribution in [3.63, 3.8) is 0 Å². The van der Waals surface area contributed by atoms with E-state index in [9.17, 15) is 14.7 Å². The summed E-state index contributed by atoms with van der Waals surface area (Å²) in [5.74, 6) is 0.801. The molecule has 3 atom stereocenters. The Balaban J connectivity index is 1.43. The molecule has 0 saturated carbocycles. The van der Waals surface area contributed by atoms with E-state index in [2.05, 4.69) is 15.0 Å². The Hall–Kier alpha value is -5.04. The number of aromatic nitrogens is 4. The number of nitrogens with one attached hydrogen (secondary N) is 1. The number of hydrogen-bond donors (Lipinski definition) is 3. The number of carbonyl (C=O) groups is 1. The predicted molar refractivity (Wildman–Crippen MR) is 165 cm³/mol. The number of carbonyl (C=O) groups excluding carboxylic acids is 1. The molecule has 0 spiro atoms. The van der Waals surface area contributed by atoms with Gasteiger partial charge in [-0.15, -0.1) is 0 Å². The maximum absolute atomic E-state index is 13.3. The topological polar surface area (TPSA) is 164 Å². The molecular formula is C33H33N5O7. The highest BCUT2D eigenvalue weighted by Crippen LogP contribution is 2.44. The van der Waals surface area contributed by atoms with Crippen LogP contribution in [0.5, 0.6) is 11.5 Å². The van der Waals surface area contributed by atoms with Crippen LogP contribution in [-0.2, 0) is 25.6 Å². The SMILES string of the molecule is COc1ccc(C(OC[C@H]2O[C@@](C(C)=O)(n3cnc4c(=O)[nH]c(N)nc43)C[C@@H]2O)(c2ccccc2)c2ccc(OC)cc2)cc1. The Labute approximate surface area is 258 Å². The maximum atomic E-state index is 13.3. The van der Waals surface area contributed by atoms with Crippen molar-refractivity contribution in [3.05, 3.63) is 112 Å². The number of Topliss-reactive ketones (excluding diaryl/α,β-unsaturated/α-hetero) is 1. The van der Waals surface area contributed by atoms with E-state index in [-0.39, 0.29) is 30.1 Å². The molecule has 1 aliphatic rings. The Morgan fingerprint density at radius 3 is 2.16 bits per heavy atom. The van der Waals surface area contributed by atoms with Gasteiger partial charge in [0.15, 0.2) is 16.9 Å². The molecule has 45 heavy (non-hydrogen) atoms. The number of hydrogen-bond acceptors (Lipinski definition) is 10. The molecule has 2 aromatic heterocycles. The number of rotatable bonds is 10. The smallest absolute Gasteiger partial charge is 0.280 e. The molecule has 12 nitrogen and oxygen atoms in total. The van der Waals surface area contributed by atoms with Gasteiger partial charge in [0.05, 0.1) is 26.9 Å². The minimum absolute atomic E-state index is 0.00952. The number of aliphatic hydroxyl groups excluding tert-OH is 1. The van der Waals surface area contributed by atoms with Crippen molar-refractivity contribution in [1.82, 2.24) is 19.5 Å². The lowest BCUT2D eigenvalue weighted by molar-refractivity contribution is -0.164. The van der Waals surface area contributed by atoms with Crippen LogP contribution >= 0.6 is 0 Å². The number of fused-ring (bicyclic) bond motifs is 1. The van der Waals surface area contributed by atoms with Crippen LogP contribution in [0.25, 0.3) is 11.2 Å². The summed E-state index contributed by atoms with van der Waals surface area (Å²) in [5.41, 5.74) is 4.85. The number of anilines is 1. The zero-order chi connectivity index (χ0) is 31.8. The Kier molecular flexibility index (Phi) is 7.87. The van der Waals surface area contributed by atoms with Gasteiger partial charge in [-0.2, -0.15) is 4.98 Å². The predicted octanol–water partition coefficient (Wildman–Crippen LogP) is 3.12. The summed E-state index contributed by atoms with van der Waals surface area (Å²) in [6, 6.07) is 24.8. The molecule has 5 aromatic rings. The summed E-state index contributed by atoms with van der Waals surface area (Å²) in [5, 5.41) is 11.4. The number of H-pyrrole nitrogens is 1. The molecule has 0 amide bonds. The number of benzene rings is 3. The fraction of sp³-hybridized carbons (Fsp3) is 0.273. The number of nitrogens with zero attached hydrogens (tertiary/aromatic N) is 3. The minimum atomic E-state index is -1.70. The fourth-order valence-electron chi connectivity index (χ4n) is 5.96. The van der Waals surface area contributed by atoms with E-state index >= 15 is 0 Å². The van der Waals surface area contributed by atoms with Gasteiger partial charge in [-0.25, -0.2) is 4.98 Å². The monoisotopic (exact) mass is 611 g/mol. The number of nitrogen functional groups attached to an aromatic ring is 1. The number of methoxy groups -OCH3 is 2. The Morgan fingerprint density at radius 1 is 1.02 bits per heavy atom. The van der Waals surface area contributed by atoms with Gasteiger partial charge in [0.2, 0.25) is 11.7 Å². The van der Waals surface area contributed by atoms with Crippen LogP contribution in [0.15, 0.2) is 90.0 Å². The van der Waals surface area contributed by atoms with Gasteiger partial charge in [-0.05, 0) is 47.9 Å². The first-order chi connectivity index (χ1) is 21.7. The molecule has 0 aliphatic carbocycles. The van der Waals surface area contributed by atoms with Crippen molar-refractivity contribution in [3.8, 4) is 11.5 Å². The van der Waals surface area contributed by atoms with Crippen molar-refractivity contribution in [2.45, 2.75) is 36.9 Å². The molecule has 1 saturated heterocycles. The third kappa shape index (κ3) is 5.12. The Bertz CT molecular complexity index is 1820. The molecule has 0 unspecified atom stereocenters. The second-order valence-corrected chi connectivity index (χ2v) is 10.8. The molecule has 1 aliphatic heterocycles. The standard InChI is InChI=1S/C33H33N5O7/c1-20(39)32(38-19-35-28-29(38)36-31(34)37-30(28)41)17-26(40)27(45-32)18-44-33(21-7-5-4-6-8-21,22-9-13-24(42-2)14-10-22)23-11-15-25(43-3)16-12-23/h4-16,19,26-27,40H,17-18H2,1-3H3,(H3,34,36,37,41)/t26-,27+,32-/m0/s1. The second kappa shape index (κ2) is 11.8. The number of nitrogens with two attached hydrogens (primary N) is 1. The largest absolute Gasteiger partial charge is 0.497 e. The molecular weight excluding hydrogens is 578 g/mol. The van der Waals surface area contributed by atoms with Crippen LogP contribution in [0, 0.1) is 0 Å². The first-order valence-corrected chi connectivity index (χ1v) is 14.3. The molecule has 0 bridgehead atoms. The van der Waals surface area contributed by atoms with Gasteiger partial charge in [-0.1, -0.05) is 54.6 Å². The highest BCUT2D eigenvalue weighted by atomic mass is 16.6. The van der Waals surface area contributed by atoms with Crippen molar-refractivity contribution >= 4 is 22.9 Å². The lowest BCUT2D eigenvalue weighted by Crippen LogP contribution is -2.42. The second-order valence-electron chi connectivity index (χ2n) is 10.8. The molecule has 3 heterocycles. The quantitative estimate of drug-likeness (QED) is 0.200. The van der Waals surface area contributed by atoms with Gasteiger partial charge in [0, 0.05) is 6.42 Å². The van der Waals surface area contributed by atoms with Crippen molar-refractivity contribution in [2.24, 2.45) is 0 Å². The molecule has 12 heteroatoms. The van der Waals surface area contributed by atoms with Crippen LogP contribution in [0.2, 0.25) is 0 Å². The zero-order valence-electron chi connectivity index (χ0n) is 25.0. The highest BCUT2D eigenvalue weighted by molar-refractivity contribution is 5.85. The van der Waals surface area contributed by atoms with Crippen LogP contribution in [0.1, 0.15) is 30.0 Å². The normalized spacial score (nSPS) is 19.9. The third-order valence-corrected chi connectivity index (χ3v) is 8.26. The molecule has 3 aromatic carbocycles. The van der Waals surface area contributed by atoms with Crippen molar-refractivity contribution < 1.29 is 28.8 Å². The van der Waals surface area contributed by atoms with Gasteiger partial charge >= 0.3 is 0 Å². The summed E-state index contributed by atoms with van der Waals surface area (Å²) >= 11 is 0. The molecule has 1 fully saturated rings. The van der Waals surface area contributed by atoms with E-state index in [1.165, 1.54) is 17.8 Å².